The van der Waals surface area contributed by atoms with Crippen molar-refractivity contribution in [2.45, 2.75) is 44.7 Å². The van der Waals surface area contributed by atoms with Gasteiger partial charge in [0.05, 0.1) is 0 Å². The highest BCUT2D eigenvalue weighted by atomic mass is 16.4. The Labute approximate surface area is 84.9 Å². The fourth-order valence-corrected chi connectivity index (χ4v) is 1.85. The standard InChI is InChI=1S/C10H20N2O2/c1-7-2-4-8(5-3-7)12-6-9(11)10(13)14/h7-9,12H,2-6,11H2,1H3,(H,13,14). The number of carboxylic acid groups (broad SMARTS) is 1. The van der Waals surface area contributed by atoms with Crippen molar-refractivity contribution in [1.82, 2.24) is 5.32 Å². The minimum absolute atomic E-state index is 0.383. The highest BCUT2D eigenvalue weighted by Gasteiger charge is 2.19. The van der Waals surface area contributed by atoms with Crippen molar-refractivity contribution in [3.8, 4) is 0 Å². The molecular weight excluding hydrogens is 180 g/mol. The molecule has 4 heteroatoms. The van der Waals surface area contributed by atoms with Crippen molar-refractivity contribution in [1.29, 1.82) is 0 Å². The van der Waals surface area contributed by atoms with Crippen LogP contribution >= 0.6 is 0 Å². The summed E-state index contributed by atoms with van der Waals surface area (Å²) in [6.07, 6.45) is 4.76. The van der Waals surface area contributed by atoms with Crippen LogP contribution in [-0.2, 0) is 4.79 Å². The molecule has 1 rings (SSSR count). The van der Waals surface area contributed by atoms with Gasteiger partial charge < -0.3 is 16.2 Å². The molecule has 0 spiro atoms. The number of hydrogen-bond donors (Lipinski definition) is 3. The third kappa shape index (κ3) is 3.64. The van der Waals surface area contributed by atoms with Gasteiger partial charge in [-0.05, 0) is 31.6 Å². The summed E-state index contributed by atoms with van der Waals surface area (Å²) in [6, 6.07) is -0.300. The molecule has 0 aliphatic heterocycles. The first-order chi connectivity index (χ1) is 6.59. The van der Waals surface area contributed by atoms with Crippen molar-refractivity contribution in [2.24, 2.45) is 11.7 Å². The maximum Gasteiger partial charge on any atom is 0.321 e. The fourth-order valence-electron chi connectivity index (χ4n) is 1.85. The minimum Gasteiger partial charge on any atom is -0.480 e. The maximum absolute atomic E-state index is 10.5. The van der Waals surface area contributed by atoms with E-state index in [2.05, 4.69) is 12.2 Å². The number of nitrogens with one attached hydrogen (secondary N) is 1. The Balaban J connectivity index is 2.16. The summed E-state index contributed by atoms with van der Waals surface area (Å²) in [6.45, 7) is 2.65. The van der Waals surface area contributed by atoms with Crippen molar-refractivity contribution < 1.29 is 9.90 Å². The van der Waals surface area contributed by atoms with Gasteiger partial charge in [-0.1, -0.05) is 6.92 Å². The van der Waals surface area contributed by atoms with Gasteiger partial charge >= 0.3 is 5.97 Å². The Bertz CT molecular complexity index is 189. The van der Waals surface area contributed by atoms with E-state index in [4.69, 9.17) is 10.8 Å². The first-order valence-corrected chi connectivity index (χ1v) is 5.31. The largest absolute Gasteiger partial charge is 0.480 e. The molecular formula is C10H20N2O2. The third-order valence-corrected chi connectivity index (χ3v) is 2.96. The Morgan fingerprint density at radius 3 is 2.57 bits per heavy atom. The van der Waals surface area contributed by atoms with E-state index in [1.165, 1.54) is 12.8 Å². The lowest BCUT2D eigenvalue weighted by Crippen LogP contribution is -2.44. The molecule has 1 aliphatic carbocycles. The minimum atomic E-state index is -0.929. The summed E-state index contributed by atoms with van der Waals surface area (Å²) in [5.41, 5.74) is 5.40. The van der Waals surface area contributed by atoms with Crippen LogP contribution in [0, 0.1) is 5.92 Å². The summed E-state index contributed by atoms with van der Waals surface area (Å²) in [5.74, 6) is -0.108. The van der Waals surface area contributed by atoms with E-state index < -0.39 is 12.0 Å². The van der Waals surface area contributed by atoms with Crippen LogP contribution in [0.1, 0.15) is 32.6 Å². The second-order valence-corrected chi connectivity index (χ2v) is 4.31. The van der Waals surface area contributed by atoms with Crippen molar-refractivity contribution in [3.05, 3.63) is 0 Å². The summed E-state index contributed by atoms with van der Waals surface area (Å²) >= 11 is 0. The van der Waals surface area contributed by atoms with E-state index >= 15 is 0 Å². The number of rotatable bonds is 4. The molecule has 1 atom stereocenters. The monoisotopic (exact) mass is 200 g/mol. The summed E-state index contributed by atoms with van der Waals surface area (Å²) in [4.78, 5) is 10.5. The zero-order valence-electron chi connectivity index (χ0n) is 8.70. The summed E-state index contributed by atoms with van der Waals surface area (Å²) in [7, 11) is 0. The number of nitrogens with two attached hydrogens (primary N) is 1. The third-order valence-electron chi connectivity index (χ3n) is 2.96. The predicted octanol–water partition coefficient (Wildman–Crippen LogP) is 0.567. The summed E-state index contributed by atoms with van der Waals surface area (Å²) < 4.78 is 0. The second-order valence-electron chi connectivity index (χ2n) is 4.31. The first-order valence-electron chi connectivity index (χ1n) is 5.31. The lowest BCUT2D eigenvalue weighted by atomic mass is 9.87. The molecule has 0 heterocycles. The second kappa shape index (κ2) is 5.32. The average molecular weight is 200 g/mol. The molecule has 1 saturated carbocycles. The number of hydrogen-bond acceptors (Lipinski definition) is 3. The normalized spacial score (nSPS) is 29.9. The van der Waals surface area contributed by atoms with Gasteiger partial charge in [0.15, 0.2) is 0 Å². The van der Waals surface area contributed by atoms with E-state index in [1.54, 1.807) is 0 Å². The lowest BCUT2D eigenvalue weighted by Gasteiger charge is -2.27. The molecule has 0 aromatic heterocycles. The van der Waals surface area contributed by atoms with Gasteiger partial charge in [-0.15, -0.1) is 0 Å². The van der Waals surface area contributed by atoms with Crippen LogP contribution in [0.3, 0.4) is 0 Å². The molecule has 4 nitrogen and oxygen atoms in total. The fraction of sp³-hybridized carbons (Fsp3) is 0.900. The number of carbonyl (C=O) groups is 1. The van der Waals surface area contributed by atoms with Crippen LogP contribution in [-0.4, -0.2) is 29.7 Å². The van der Waals surface area contributed by atoms with E-state index in [0.29, 0.717) is 12.6 Å². The molecule has 82 valence electrons. The predicted molar refractivity (Wildman–Crippen MR) is 55.0 cm³/mol. The van der Waals surface area contributed by atoms with E-state index in [1.807, 2.05) is 0 Å². The first kappa shape index (κ1) is 11.5. The van der Waals surface area contributed by atoms with Crippen molar-refractivity contribution in [3.63, 3.8) is 0 Å². The van der Waals surface area contributed by atoms with Crippen molar-refractivity contribution >= 4 is 5.97 Å². The van der Waals surface area contributed by atoms with Gasteiger partial charge in [-0.2, -0.15) is 0 Å². The zero-order chi connectivity index (χ0) is 10.6. The highest BCUT2D eigenvalue weighted by Crippen LogP contribution is 2.23. The van der Waals surface area contributed by atoms with Crippen LogP contribution in [0.25, 0.3) is 0 Å². The Morgan fingerprint density at radius 1 is 1.50 bits per heavy atom. The highest BCUT2D eigenvalue weighted by molar-refractivity contribution is 5.73. The van der Waals surface area contributed by atoms with Crippen LogP contribution in [0.15, 0.2) is 0 Å². The Hall–Kier alpha value is -0.610. The molecule has 0 radical (unpaired) electrons. The quantitative estimate of drug-likeness (QED) is 0.620. The van der Waals surface area contributed by atoms with Crippen LogP contribution in [0.5, 0.6) is 0 Å². The smallest absolute Gasteiger partial charge is 0.321 e. The topological polar surface area (TPSA) is 75.3 Å². The molecule has 0 saturated heterocycles. The SMILES string of the molecule is CC1CCC(NCC(N)C(=O)O)CC1. The molecule has 4 N–H and O–H groups in total. The Kier molecular flexibility index (Phi) is 4.35. The molecule has 0 aromatic rings. The molecule has 14 heavy (non-hydrogen) atoms. The van der Waals surface area contributed by atoms with Gasteiger partial charge in [0.2, 0.25) is 0 Å². The maximum atomic E-state index is 10.5. The zero-order valence-corrected chi connectivity index (χ0v) is 8.70. The average Bonchev–Trinajstić information content (AvgIpc) is 2.16. The van der Waals surface area contributed by atoms with Crippen molar-refractivity contribution in [2.75, 3.05) is 6.54 Å². The van der Waals surface area contributed by atoms with E-state index in [0.717, 1.165) is 18.8 Å². The van der Waals surface area contributed by atoms with Gasteiger partial charge in [0, 0.05) is 12.6 Å². The van der Waals surface area contributed by atoms with Gasteiger partial charge in [0.1, 0.15) is 6.04 Å². The molecule has 0 amide bonds. The molecule has 1 aliphatic rings. The van der Waals surface area contributed by atoms with Gasteiger partial charge in [-0.3, -0.25) is 4.79 Å². The van der Waals surface area contributed by atoms with E-state index in [-0.39, 0.29) is 0 Å². The number of carboxylic acids is 1. The van der Waals surface area contributed by atoms with Crippen LogP contribution in [0.4, 0.5) is 0 Å². The molecule has 0 aromatic carbocycles. The Morgan fingerprint density at radius 2 is 2.07 bits per heavy atom. The van der Waals surface area contributed by atoms with Crippen LogP contribution < -0.4 is 11.1 Å². The summed E-state index contributed by atoms with van der Waals surface area (Å²) in [5, 5.41) is 11.8. The van der Waals surface area contributed by atoms with Gasteiger partial charge in [-0.25, -0.2) is 0 Å². The van der Waals surface area contributed by atoms with Gasteiger partial charge in [0.25, 0.3) is 0 Å². The number of aliphatic carboxylic acids is 1. The lowest BCUT2D eigenvalue weighted by molar-refractivity contribution is -0.138. The molecule has 1 fully saturated rings. The molecule has 0 bridgehead atoms. The van der Waals surface area contributed by atoms with Crippen LogP contribution in [0.2, 0.25) is 0 Å². The van der Waals surface area contributed by atoms with E-state index in [9.17, 15) is 4.79 Å². The molecule has 1 unspecified atom stereocenters.